The van der Waals surface area contributed by atoms with Gasteiger partial charge in [-0.05, 0) is 43.2 Å². The van der Waals surface area contributed by atoms with Crippen LogP contribution in [0.1, 0.15) is 43.5 Å². The molecule has 104 valence electrons. The highest BCUT2D eigenvalue weighted by Gasteiger charge is 2.26. The summed E-state index contributed by atoms with van der Waals surface area (Å²) in [5, 5.41) is 3.44. The van der Waals surface area contributed by atoms with E-state index in [9.17, 15) is 4.79 Å². The van der Waals surface area contributed by atoms with Crippen LogP contribution < -0.4 is 16.8 Å². The van der Waals surface area contributed by atoms with Crippen LogP contribution in [0.25, 0.3) is 0 Å². The summed E-state index contributed by atoms with van der Waals surface area (Å²) >= 11 is 0. The molecule has 5 N–H and O–H groups in total. The second-order valence-corrected chi connectivity index (χ2v) is 5.78. The summed E-state index contributed by atoms with van der Waals surface area (Å²) in [6.07, 6.45) is 3.52. The number of hydrogen-bond acceptors (Lipinski definition) is 3. The highest BCUT2D eigenvalue weighted by atomic mass is 16.1. The first kappa shape index (κ1) is 13.7. The van der Waals surface area contributed by atoms with Gasteiger partial charge < -0.3 is 16.8 Å². The fourth-order valence-electron chi connectivity index (χ4n) is 3.00. The molecule has 1 aliphatic carbocycles. The Hall–Kier alpha value is -1.71. The zero-order valence-corrected chi connectivity index (χ0v) is 11.6. The van der Waals surface area contributed by atoms with Crippen molar-refractivity contribution in [3.63, 3.8) is 0 Å². The maximum atomic E-state index is 11.5. The number of amides is 1. The van der Waals surface area contributed by atoms with Gasteiger partial charge in [0.15, 0.2) is 0 Å². The molecule has 0 aliphatic heterocycles. The minimum absolute atomic E-state index is 0.360. The number of rotatable bonds is 3. The maximum absolute atomic E-state index is 11.5. The van der Waals surface area contributed by atoms with Gasteiger partial charge in [0.25, 0.3) is 5.91 Å². The van der Waals surface area contributed by atoms with E-state index in [1.165, 1.54) is 12.8 Å². The van der Waals surface area contributed by atoms with Crippen molar-refractivity contribution >= 4 is 17.3 Å². The number of nitrogens with two attached hydrogens (primary N) is 2. The summed E-state index contributed by atoms with van der Waals surface area (Å²) in [5.74, 6) is 0.910. The van der Waals surface area contributed by atoms with Crippen molar-refractivity contribution < 1.29 is 4.79 Å². The van der Waals surface area contributed by atoms with Gasteiger partial charge in [-0.2, -0.15) is 0 Å². The average Bonchev–Trinajstić information content (AvgIpc) is 2.34. The minimum atomic E-state index is -0.438. The molecule has 19 heavy (non-hydrogen) atoms. The Balaban J connectivity index is 2.21. The lowest BCUT2D eigenvalue weighted by atomic mass is 9.79. The fourth-order valence-corrected chi connectivity index (χ4v) is 3.00. The van der Waals surface area contributed by atoms with Gasteiger partial charge in [-0.15, -0.1) is 0 Å². The first-order valence-corrected chi connectivity index (χ1v) is 6.94. The number of nitrogen functional groups attached to an aromatic ring is 1. The van der Waals surface area contributed by atoms with E-state index in [1.54, 1.807) is 18.2 Å². The van der Waals surface area contributed by atoms with Crippen molar-refractivity contribution in [1.82, 2.24) is 0 Å². The van der Waals surface area contributed by atoms with Gasteiger partial charge in [0.1, 0.15) is 0 Å². The van der Waals surface area contributed by atoms with E-state index in [2.05, 4.69) is 19.2 Å². The Morgan fingerprint density at radius 1 is 1.32 bits per heavy atom. The van der Waals surface area contributed by atoms with Crippen LogP contribution in [-0.2, 0) is 0 Å². The number of benzene rings is 1. The molecule has 4 heteroatoms. The van der Waals surface area contributed by atoms with Gasteiger partial charge >= 0.3 is 0 Å². The first-order chi connectivity index (χ1) is 8.99. The molecule has 2 rings (SSSR count). The van der Waals surface area contributed by atoms with Crippen molar-refractivity contribution in [1.29, 1.82) is 0 Å². The number of nitrogens with one attached hydrogen (secondary N) is 1. The number of para-hydroxylation sites is 1. The van der Waals surface area contributed by atoms with Crippen LogP contribution >= 0.6 is 0 Å². The van der Waals surface area contributed by atoms with E-state index in [-0.39, 0.29) is 0 Å². The molecule has 1 aromatic rings. The van der Waals surface area contributed by atoms with Crippen molar-refractivity contribution in [2.75, 3.05) is 11.1 Å². The molecule has 1 saturated carbocycles. The second-order valence-electron chi connectivity index (χ2n) is 5.78. The predicted octanol–water partition coefficient (Wildman–Crippen LogP) is 2.60. The van der Waals surface area contributed by atoms with Crippen molar-refractivity contribution in [3.05, 3.63) is 23.8 Å². The van der Waals surface area contributed by atoms with E-state index < -0.39 is 5.91 Å². The quantitative estimate of drug-likeness (QED) is 0.731. The monoisotopic (exact) mass is 261 g/mol. The summed E-state index contributed by atoms with van der Waals surface area (Å²) in [5.41, 5.74) is 13.1. The molecular formula is C15H23N3O. The first-order valence-electron chi connectivity index (χ1n) is 6.94. The summed E-state index contributed by atoms with van der Waals surface area (Å²) in [7, 11) is 0. The van der Waals surface area contributed by atoms with Gasteiger partial charge in [0.2, 0.25) is 0 Å². The minimum Gasteiger partial charge on any atom is -0.397 e. The molecule has 1 aromatic carbocycles. The average molecular weight is 261 g/mol. The highest BCUT2D eigenvalue weighted by Crippen LogP contribution is 2.33. The van der Waals surface area contributed by atoms with E-state index in [0.717, 1.165) is 12.3 Å². The summed E-state index contributed by atoms with van der Waals surface area (Å²) in [4.78, 5) is 11.5. The largest absolute Gasteiger partial charge is 0.397 e. The zero-order valence-electron chi connectivity index (χ0n) is 11.6. The van der Waals surface area contributed by atoms with Crippen LogP contribution in [0.5, 0.6) is 0 Å². The lowest BCUT2D eigenvalue weighted by molar-refractivity contribution is 0.100. The molecule has 0 aromatic heterocycles. The van der Waals surface area contributed by atoms with Gasteiger partial charge in [0.05, 0.1) is 16.9 Å². The fraction of sp³-hybridized carbons (Fsp3) is 0.533. The van der Waals surface area contributed by atoms with Crippen molar-refractivity contribution in [3.8, 4) is 0 Å². The molecular weight excluding hydrogens is 238 g/mol. The molecule has 0 heterocycles. The van der Waals surface area contributed by atoms with E-state index >= 15 is 0 Å². The van der Waals surface area contributed by atoms with Crippen LogP contribution in [0.3, 0.4) is 0 Å². The van der Waals surface area contributed by atoms with Crippen LogP contribution in [-0.4, -0.2) is 11.9 Å². The molecule has 3 atom stereocenters. The molecule has 0 bridgehead atoms. The second kappa shape index (κ2) is 5.51. The Morgan fingerprint density at radius 3 is 2.68 bits per heavy atom. The molecule has 4 nitrogen and oxygen atoms in total. The number of anilines is 2. The van der Waals surface area contributed by atoms with Crippen LogP contribution in [0.15, 0.2) is 18.2 Å². The SMILES string of the molecule is CC1CCC(Nc2c(N)cccc2C(N)=O)C(C)C1. The Labute approximate surface area is 114 Å². The molecule has 3 unspecified atom stereocenters. The topological polar surface area (TPSA) is 81.1 Å². The standard InChI is InChI=1S/C15H23N3O/c1-9-6-7-13(10(2)8-9)18-14-11(15(17)19)4-3-5-12(14)16/h3-5,9-10,13,18H,6-8,16H2,1-2H3,(H2,17,19). The normalized spacial score (nSPS) is 26.9. The van der Waals surface area contributed by atoms with Crippen LogP contribution in [0, 0.1) is 11.8 Å². The van der Waals surface area contributed by atoms with Gasteiger partial charge in [-0.1, -0.05) is 19.9 Å². The lowest BCUT2D eigenvalue weighted by Crippen LogP contribution is -2.34. The summed E-state index contributed by atoms with van der Waals surface area (Å²) in [6.45, 7) is 4.54. The van der Waals surface area contributed by atoms with Gasteiger partial charge in [-0.3, -0.25) is 4.79 Å². The third kappa shape index (κ3) is 3.00. The van der Waals surface area contributed by atoms with Crippen molar-refractivity contribution in [2.24, 2.45) is 17.6 Å². The molecule has 1 aliphatic rings. The Bertz CT molecular complexity index is 472. The zero-order chi connectivity index (χ0) is 14.0. The smallest absolute Gasteiger partial charge is 0.250 e. The third-order valence-corrected chi connectivity index (χ3v) is 4.12. The number of primary amides is 1. The Kier molecular flexibility index (Phi) is 3.98. The summed E-state index contributed by atoms with van der Waals surface area (Å²) < 4.78 is 0. The van der Waals surface area contributed by atoms with Crippen LogP contribution in [0.4, 0.5) is 11.4 Å². The molecule has 0 radical (unpaired) electrons. The van der Waals surface area contributed by atoms with E-state index in [0.29, 0.717) is 28.9 Å². The third-order valence-electron chi connectivity index (χ3n) is 4.12. The van der Waals surface area contributed by atoms with Crippen LogP contribution in [0.2, 0.25) is 0 Å². The number of carbonyl (C=O) groups is 1. The number of carbonyl (C=O) groups excluding carboxylic acids is 1. The Morgan fingerprint density at radius 2 is 2.05 bits per heavy atom. The van der Waals surface area contributed by atoms with Gasteiger partial charge in [-0.25, -0.2) is 0 Å². The van der Waals surface area contributed by atoms with E-state index in [4.69, 9.17) is 11.5 Å². The summed E-state index contributed by atoms with van der Waals surface area (Å²) in [6, 6.07) is 5.63. The maximum Gasteiger partial charge on any atom is 0.250 e. The highest BCUT2D eigenvalue weighted by molar-refractivity contribution is 6.01. The number of hydrogen-bond donors (Lipinski definition) is 3. The van der Waals surface area contributed by atoms with Crippen molar-refractivity contribution in [2.45, 2.75) is 39.2 Å². The molecule has 1 amide bonds. The van der Waals surface area contributed by atoms with Gasteiger partial charge in [0, 0.05) is 6.04 Å². The molecule has 0 saturated heterocycles. The molecule has 1 fully saturated rings. The molecule has 0 spiro atoms. The lowest BCUT2D eigenvalue weighted by Gasteiger charge is -2.34. The predicted molar refractivity (Wildman–Crippen MR) is 79.0 cm³/mol. The van der Waals surface area contributed by atoms with E-state index in [1.807, 2.05) is 0 Å².